The molecular weight excluding hydrogens is 290 g/mol. The number of rotatable bonds is 4. The van der Waals surface area contributed by atoms with Crippen LogP contribution in [0.4, 0.5) is 5.82 Å². The largest absolute Gasteiger partial charge is 0.383 e. The molecule has 0 atom stereocenters. The van der Waals surface area contributed by atoms with Crippen LogP contribution >= 0.6 is 15.9 Å². The van der Waals surface area contributed by atoms with Gasteiger partial charge in [0.2, 0.25) is 0 Å². The third kappa shape index (κ3) is 2.58. The summed E-state index contributed by atoms with van der Waals surface area (Å²) in [7, 11) is 0. The zero-order valence-electron chi connectivity index (χ0n) is 10.8. The Morgan fingerprint density at radius 3 is 2.83 bits per heavy atom. The molecule has 0 saturated heterocycles. The molecule has 0 spiro atoms. The van der Waals surface area contributed by atoms with E-state index >= 15 is 0 Å². The Kier molecular flexibility index (Phi) is 4.07. The quantitative estimate of drug-likeness (QED) is 0.927. The van der Waals surface area contributed by atoms with Gasteiger partial charge in [0.05, 0.1) is 6.33 Å². The molecule has 0 aliphatic rings. The maximum absolute atomic E-state index is 6.15. The summed E-state index contributed by atoms with van der Waals surface area (Å²) in [6, 6.07) is 6.18. The molecule has 2 aromatic rings. The minimum Gasteiger partial charge on any atom is -0.383 e. The Hall–Kier alpha value is -1.29. The summed E-state index contributed by atoms with van der Waals surface area (Å²) in [4.78, 5) is 4.43. The van der Waals surface area contributed by atoms with E-state index in [2.05, 4.69) is 40.8 Å². The van der Waals surface area contributed by atoms with Crippen LogP contribution in [0.1, 0.15) is 25.3 Å². The van der Waals surface area contributed by atoms with Crippen LogP contribution in [-0.4, -0.2) is 9.55 Å². The van der Waals surface area contributed by atoms with Crippen molar-refractivity contribution in [1.29, 1.82) is 0 Å². The van der Waals surface area contributed by atoms with Gasteiger partial charge < -0.3 is 10.3 Å². The van der Waals surface area contributed by atoms with Crippen molar-refractivity contribution in [1.82, 2.24) is 9.55 Å². The Labute approximate surface area is 116 Å². The molecule has 2 rings (SSSR count). The number of nitrogens with two attached hydrogens (primary N) is 1. The van der Waals surface area contributed by atoms with E-state index < -0.39 is 0 Å². The second-order valence-electron chi connectivity index (χ2n) is 4.49. The molecule has 0 unspecified atom stereocenters. The van der Waals surface area contributed by atoms with Crippen molar-refractivity contribution < 1.29 is 0 Å². The van der Waals surface area contributed by atoms with Gasteiger partial charge >= 0.3 is 0 Å². The van der Waals surface area contributed by atoms with Gasteiger partial charge in [0.25, 0.3) is 0 Å². The van der Waals surface area contributed by atoms with Crippen molar-refractivity contribution >= 4 is 21.7 Å². The third-order valence-electron chi connectivity index (χ3n) is 3.06. The van der Waals surface area contributed by atoms with Crippen molar-refractivity contribution in [3.8, 4) is 11.3 Å². The average molecular weight is 308 g/mol. The number of nitrogen functional groups attached to an aromatic ring is 1. The minimum atomic E-state index is 0.755. The van der Waals surface area contributed by atoms with Crippen LogP contribution in [0, 0.1) is 6.92 Å². The van der Waals surface area contributed by atoms with E-state index in [0.717, 1.165) is 40.9 Å². The van der Waals surface area contributed by atoms with Crippen LogP contribution in [0.2, 0.25) is 0 Å². The van der Waals surface area contributed by atoms with Crippen LogP contribution in [0.5, 0.6) is 0 Å². The highest BCUT2D eigenvalue weighted by Crippen LogP contribution is 2.28. The third-order valence-corrected chi connectivity index (χ3v) is 3.95. The highest BCUT2D eigenvalue weighted by Gasteiger charge is 2.10. The Morgan fingerprint density at radius 1 is 1.39 bits per heavy atom. The lowest BCUT2D eigenvalue weighted by Gasteiger charge is -2.06. The molecule has 0 amide bonds. The average Bonchev–Trinajstić information content (AvgIpc) is 2.72. The summed E-state index contributed by atoms with van der Waals surface area (Å²) in [5.74, 6) is 0.755. The van der Waals surface area contributed by atoms with Gasteiger partial charge in [-0.1, -0.05) is 35.3 Å². The van der Waals surface area contributed by atoms with Crippen molar-refractivity contribution in [3.63, 3.8) is 0 Å². The molecule has 96 valence electrons. The molecule has 3 nitrogen and oxygen atoms in total. The monoisotopic (exact) mass is 307 g/mol. The smallest absolute Gasteiger partial charge is 0.131 e. The fourth-order valence-electron chi connectivity index (χ4n) is 1.91. The summed E-state index contributed by atoms with van der Waals surface area (Å²) >= 11 is 3.50. The molecule has 18 heavy (non-hydrogen) atoms. The maximum atomic E-state index is 6.15. The van der Waals surface area contributed by atoms with Gasteiger partial charge in [0, 0.05) is 16.6 Å². The maximum Gasteiger partial charge on any atom is 0.131 e. The lowest BCUT2D eigenvalue weighted by molar-refractivity contribution is 0.637. The molecule has 1 aromatic carbocycles. The second-order valence-corrected chi connectivity index (χ2v) is 5.34. The second kappa shape index (κ2) is 5.57. The first-order chi connectivity index (χ1) is 8.63. The first-order valence-corrected chi connectivity index (χ1v) is 7.00. The molecule has 4 heteroatoms. The first kappa shape index (κ1) is 13.1. The zero-order chi connectivity index (χ0) is 13.1. The van der Waals surface area contributed by atoms with Crippen LogP contribution in [-0.2, 0) is 6.54 Å². The predicted molar refractivity (Wildman–Crippen MR) is 79.4 cm³/mol. The molecule has 0 saturated carbocycles. The van der Waals surface area contributed by atoms with E-state index in [0.29, 0.717) is 0 Å². The zero-order valence-corrected chi connectivity index (χ0v) is 12.4. The molecule has 0 aliphatic heterocycles. The van der Waals surface area contributed by atoms with Crippen molar-refractivity contribution in [2.45, 2.75) is 33.2 Å². The van der Waals surface area contributed by atoms with Crippen molar-refractivity contribution in [3.05, 3.63) is 34.6 Å². The summed E-state index contributed by atoms with van der Waals surface area (Å²) < 4.78 is 3.13. The number of anilines is 1. The molecule has 0 radical (unpaired) electrons. The van der Waals surface area contributed by atoms with Gasteiger partial charge in [0.15, 0.2) is 0 Å². The van der Waals surface area contributed by atoms with E-state index in [1.54, 1.807) is 0 Å². The number of hydrogen-bond donors (Lipinski definition) is 1. The number of nitrogens with zero attached hydrogens (tertiary/aromatic N) is 2. The van der Waals surface area contributed by atoms with E-state index in [4.69, 9.17) is 5.73 Å². The molecule has 0 aliphatic carbocycles. The molecule has 2 N–H and O–H groups in total. The number of benzene rings is 1. The first-order valence-electron chi connectivity index (χ1n) is 6.20. The van der Waals surface area contributed by atoms with E-state index in [-0.39, 0.29) is 0 Å². The summed E-state index contributed by atoms with van der Waals surface area (Å²) in [5, 5.41) is 0. The fraction of sp³-hybridized carbons (Fsp3) is 0.357. The molecule has 1 aromatic heterocycles. The summed E-state index contributed by atoms with van der Waals surface area (Å²) in [6.45, 7) is 5.18. The van der Waals surface area contributed by atoms with E-state index in [1.165, 1.54) is 5.56 Å². The Bertz CT molecular complexity index is 546. The topological polar surface area (TPSA) is 43.8 Å². The highest BCUT2D eigenvalue weighted by molar-refractivity contribution is 9.10. The highest BCUT2D eigenvalue weighted by atomic mass is 79.9. The number of aromatic nitrogens is 2. The molecule has 0 fully saturated rings. The number of unbranched alkanes of at least 4 members (excludes halogenated alkanes) is 1. The lowest BCUT2D eigenvalue weighted by atomic mass is 10.1. The number of hydrogen-bond acceptors (Lipinski definition) is 2. The normalized spacial score (nSPS) is 10.8. The Morgan fingerprint density at radius 2 is 2.17 bits per heavy atom. The van der Waals surface area contributed by atoms with Crippen molar-refractivity contribution in [2.75, 3.05) is 5.73 Å². The summed E-state index contributed by atoms with van der Waals surface area (Å²) in [6.07, 6.45) is 4.11. The lowest BCUT2D eigenvalue weighted by Crippen LogP contribution is -2.02. The number of imidazole rings is 1. The fourth-order valence-corrected chi connectivity index (χ4v) is 2.16. The molecular formula is C14H18BrN3. The van der Waals surface area contributed by atoms with Crippen LogP contribution in [0.25, 0.3) is 11.3 Å². The van der Waals surface area contributed by atoms with Crippen LogP contribution in [0.3, 0.4) is 0 Å². The van der Waals surface area contributed by atoms with Gasteiger partial charge in [-0.15, -0.1) is 0 Å². The molecule has 1 heterocycles. The number of halogens is 1. The summed E-state index contributed by atoms with van der Waals surface area (Å²) in [5.41, 5.74) is 9.29. The van der Waals surface area contributed by atoms with Gasteiger partial charge in [0.1, 0.15) is 11.5 Å². The van der Waals surface area contributed by atoms with Gasteiger partial charge in [-0.3, -0.25) is 0 Å². The van der Waals surface area contributed by atoms with E-state index in [9.17, 15) is 0 Å². The van der Waals surface area contributed by atoms with Crippen LogP contribution in [0.15, 0.2) is 29.0 Å². The minimum absolute atomic E-state index is 0.755. The molecule has 0 bridgehead atoms. The Balaban J connectivity index is 2.33. The SMILES string of the molecule is CCCCn1cnc(-c2ccc(Br)c(C)c2)c1N. The van der Waals surface area contributed by atoms with Gasteiger partial charge in [-0.2, -0.15) is 0 Å². The predicted octanol–water partition coefficient (Wildman–Crippen LogP) is 4.00. The van der Waals surface area contributed by atoms with Gasteiger partial charge in [-0.05, 0) is 31.0 Å². The van der Waals surface area contributed by atoms with Crippen molar-refractivity contribution in [2.24, 2.45) is 0 Å². The number of aryl methyl sites for hydroxylation is 2. The standard InChI is InChI=1S/C14H18BrN3/c1-3-4-7-18-9-17-13(14(18)16)11-5-6-12(15)10(2)8-11/h5-6,8-9H,3-4,7,16H2,1-2H3. The van der Waals surface area contributed by atoms with E-state index in [1.807, 2.05) is 23.0 Å². The van der Waals surface area contributed by atoms with Gasteiger partial charge in [-0.25, -0.2) is 4.98 Å². The van der Waals surface area contributed by atoms with Crippen LogP contribution < -0.4 is 5.73 Å².